The van der Waals surface area contributed by atoms with Gasteiger partial charge in [0.15, 0.2) is 0 Å². The van der Waals surface area contributed by atoms with Crippen LogP contribution in [0.25, 0.3) is 0 Å². The molecule has 0 spiro atoms. The topological polar surface area (TPSA) is 32.5 Å². The molecule has 0 radical (unpaired) electrons. The summed E-state index contributed by atoms with van der Waals surface area (Å²) in [6.45, 7) is 6.49. The van der Waals surface area contributed by atoms with Crippen molar-refractivity contribution in [2.24, 2.45) is 5.73 Å². The zero-order valence-corrected chi connectivity index (χ0v) is 12.2. The van der Waals surface area contributed by atoms with E-state index in [1.54, 1.807) is 12.1 Å². The quantitative estimate of drug-likeness (QED) is 0.921. The molecule has 110 valence electrons. The van der Waals surface area contributed by atoms with E-state index in [0.717, 1.165) is 24.3 Å². The van der Waals surface area contributed by atoms with Crippen LogP contribution in [-0.2, 0) is 0 Å². The molecule has 2 atom stereocenters. The van der Waals surface area contributed by atoms with E-state index >= 15 is 0 Å². The smallest absolute Gasteiger partial charge is 0.123 e. The maximum absolute atomic E-state index is 13.4. The van der Waals surface area contributed by atoms with Crippen molar-refractivity contribution in [3.8, 4) is 0 Å². The number of halogens is 1. The van der Waals surface area contributed by atoms with Gasteiger partial charge in [-0.3, -0.25) is 4.90 Å². The summed E-state index contributed by atoms with van der Waals surface area (Å²) in [6.07, 6.45) is 3.87. The van der Waals surface area contributed by atoms with Gasteiger partial charge in [0.2, 0.25) is 0 Å². The molecule has 2 unspecified atom stereocenters. The summed E-state index contributed by atoms with van der Waals surface area (Å²) in [5.41, 5.74) is 8.04. The van der Waals surface area contributed by atoms with E-state index in [0.29, 0.717) is 6.04 Å². The van der Waals surface area contributed by atoms with Gasteiger partial charge in [-0.25, -0.2) is 4.39 Å². The highest BCUT2D eigenvalue weighted by Crippen LogP contribution is 2.31. The minimum absolute atomic E-state index is 0.133. The van der Waals surface area contributed by atoms with Gasteiger partial charge in [-0.2, -0.15) is 0 Å². The van der Waals surface area contributed by atoms with Gasteiger partial charge in [0.05, 0.1) is 0 Å². The first-order valence-electron chi connectivity index (χ1n) is 7.69. The zero-order valence-electron chi connectivity index (χ0n) is 12.2. The standard InChI is InChI=1S/C16H24FN3/c1-12(18)15-10-13(17)4-5-16(15)20-9-6-14(11-20)19-7-2-3-8-19/h4-5,10,12,14H,2-3,6-9,11,18H2,1H3. The van der Waals surface area contributed by atoms with Gasteiger partial charge in [0.25, 0.3) is 0 Å². The monoisotopic (exact) mass is 277 g/mol. The van der Waals surface area contributed by atoms with E-state index in [-0.39, 0.29) is 11.9 Å². The summed E-state index contributed by atoms with van der Waals surface area (Å²) in [5.74, 6) is -0.198. The fraction of sp³-hybridized carbons (Fsp3) is 0.625. The number of benzene rings is 1. The third kappa shape index (κ3) is 2.67. The molecule has 3 rings (SSSR count). The molecule has 2 saturated heterocycles. The summed E-state index contributed by atoms with van der Waals surface area (Å²) < 4.78 is 13.4. The van der Waals surface area contributed by atoms with Gasteiger partial charge in [-0.15, -0.1) is 0 Å². The summed E-state index contributed by atoms with van der Waals surface area (Å²) in [5, 5.41) is 0. The van der Waals surface area contributed by atoms with Crippen LogP contribution >= 0.6 is 0 Å². The Morgan fingerprint density at radius 1 is 1.25 bits per heavy atom. The molecule has 0 aromatic heterocycles. The lowest BCUT2D eigenvalue weighted by molar-refractivity contribution is 0.260. The van der Waals surface area contributed by atoms with Crippen molar-refractivity contribution in [1.82, 2.24) is 4.90 Å². The summed E-state index contributed by atoms with van der Waals surface area (Å²) >= 11 is 0. The maximum Gasteiger partial charge on any atom is 0.123 e. The Kier molecular flexibility index (Phi) is 3.94. The largest absolute Gasteiger partial charge is 0.370 e. The van der Waals surface area contributed by atoms with Crippen molar-refractivity contribution < 1.29 is 4.39 Å². The first-order chi connectivity index (χ1) is 9.65. The number of nitrogens with zero attached hydrogens (tertiary/aromatic N) is 2. The molecule has 3 nitrogen and oxygen atoms in total. The number of hydrogen-bond acceptors (Lipinski definition) is 3. The van der Waals surface area contributed by atoms with E-state index in [4.69, 9.17) is 5.73 Å². The first-order valence-corrected chi connectivity index (χ1v) is 7.69. The van der Waals surface area contributed by atoms with Crippen LogP contribution in [0.4, 0.5) is 10.1 Å². The van der Waals surface area contributed by atoms with Crippen molar-refractivity contribution in [2.45, 2.75) is 38.3 Å². The van der Waals surface area contributed by atoms with Crippen LogP contribution in [0.1, 0.15) is 37.8 Å². The second-order valence-corrected chi connectivity index (χ2v) is 6.12. The van der Waals surface area contributed by atoms with E-state index in [2.05, 4.69) is 9.80 Å². The second-order valence-electron chi connectivity index (χ2n) is 6.12. The van der Waals surface area contributed by atoms with Gasteiger partial charge in [-0.05, 0) is 63.0 Å². The molecule has 0 saturated carbocycles. The van der Waals surface area contributed by atoms with Gasteiger partial charge in [-0.1, -0.05) is 0 Å². The molecule has 2 fully saturated rings. The Morgan fingerprint density at radius 3 is 2.70 bits per heavy atom. The van der Waals surface area contributed by atoms with Crippen molar-refractivity contribution in [2.75, 3.05) is 31.1 Å². The third-order valence-corrected chi connectivity index (χ3v) is 4.64. The van der Waals surface area contributed by atoms with E-state index in [1.807, 2.05) is 13.0 Å². The van der Waals surface area contributed by atoms with Crippen molar-refractivity contribution in [3.05, 3.63) is 29.6 Å². The molecule has 2 aliphatic rings. The summed E-state index contributed by atoms with van der Waals surface area (Å²) in [6, 6.07) is 5.54. The average molecular weight is 277 g/mol. The molecule has 1 aromatic carbocycles. The van der Waals surface area contributed by atoms with Crippen molar-refractivity contribution in [3.63, 3.8) is 0 Å². The maximum atomic E-state index is 13.4. The van der Waals surface area contributed by atoms with Gasteiger partial charge < -0.3 is 10.6 Å². The fourth-order valence-electron chi connectivity index (χ4n) is 3.54. The Morgan fingerprint density at radius 2 is 2.00 bits per heavy atom. The van der Waals surface area contributed by atoms with Gasteiger partial charge in [0, 0.05) is 30.9 Å². The highest BCUT2D eigenvalue weighted by Gasteiger charge is 2.30. The Hall–Kier alpha value is -1.13. The number of hydrogen-bond donors (Lipinski definition) is 1. The predicted octanol–water partition coefficient (Wildman–Crippen LogP) is 2.52. The summed E-state index contributed by atoms with van der Waals surface area (Å²) in [4.78, 5) is 4.98. The lowest BCUT2D eigenvalue weighted by Gasteiger charge is -2.26. The number of rotatable bonds is 3. The average Bonchev–Trinajstić information content (AvgIpc) is 3.09. The molecule has 0 bridgehead atoms. The lowest BCUT2D eigenvalue weighted by atomic mass is 10.1. The first kappa shape index (κ1) is 13.8. The molecule has 1 aromatic rings. The number of anilines is 1. The van der Waals surface area contributed by atoms with E-state index in [1.165, 1.54) is 32.4 Å². The Bertz CT molecular complexity index is 469. The molecule has 0 amide bonds. The molecule has 2 N–H and O–H groups in total. The fourth-order valence-corrected chi connectivity index (χ4v) is 3.54. The van der Waals surface area contributed by atoms with Crippen LogP contribution in [0.5, 0.6) is 0 Å². The molecular formula is C16H24FN3. The van der Waals surface area contributed by atoms with E-state index < -0.39 is 0 Å². The van der Waals surface area contributed by atoms with Crippen molar-refractivity contribution >= 4 is 5.69 Å². The Balaban J connectivity index is 1.77. The third-order valence-electron chi connectivity index (χ3n) is 4.64. The minimum atomic E-state index is -0.198. The van der Waals surface area contributed by atoms with Crippen LogP contribution in [0.15, 0.2) is 18.2 Å². The molecule has 0 aliphatic carbocycles. The SMILES string of the molecule is CC(N)c1cc(F)ccc1N1CCC(N2CCCC2)C1. The summed E-state index contributed by atoms with van der Waals surface area (Å²) in [7, 11) is 0. The van der Waals surface area contributed by atoms with Crippen LogP contribution < -0.4 is 10.6 Å². The lowest BCUT2D eigenvalue weighted by Crippen LogP contribution is -2.35. The Labute approximate surface area is 120 Å². The number of likely N-dealkylation sites (tertiary alicyclic amines) is 1. The predicted molar refractivity (Wildman–Crippen MR) is 80.4 cm³/mol. The zero-order chi connectivity index (χ0) is 14.1. The van der Waals surface area contributed by atoms with E-state index in [9.17, 15) is 4.39 Å². The molecule has 2 aliphatic heterocycles. The molecule has 2 heterocycles. The van der Waals surface area contributed by atoms with Gasteiger partial charge in [0.1, 0.15) is 5.82 Å². The van der Waals surface area contributed by atoms with Gasteiger partial charge >= 0.3 is 0 Å². The van der Waals surface area contributed by atoms with Crippen LogP contribution in [0, 0.1) is 5.82 Å². The molecular weight excluding hydrogens is 253 g/mol. The van der Waals surface area contributed by atoms with Crippen LogP contribution in [0.2, 0.25) is 0 Å². The van der Waals surface area contributed by atoms with Crippen LogP contribution in [-0.4, -0.2) is 37.1 Å². The van der Waals surface area contributed by atoms with Crippen molar-refractivity contribution in [1.29, 1.82) is 0 Å². The highest BCUT2D eigenvalue weighted by atomic mass is 19.1. The molecule has 4 heteroatoms. The minimum Gasteiger partial charge on any atom is -0.370 e. The normalized spacial score (nSPS) is 25.4. The second kappa shape index (κ2) is 5.70. The van der Waals surface area contributed by atoms with Crippen LogP contribution in [0.3, 0.4) is 0 Å². The number of nitrogens with two attached hydrogens (primary N) is 1. The highest BCUT2D eigenvalue weighted by molar-refractivity contribution is 5.56. The molecule has 20 heavy (non-hydrogen) atoms.